The SMILES string of the molecule is CN(C(=O)c1cc(C(=O)N(C)c2ccc(-c3ccccn3)cc2)cc(-c2ccccc2-c2ccc(-c3ccc(-c4ccccc4-c4cc(-c5ccccc5-c5ccc(-c6ccccn6)cc5)cc(-c5ccccc5-c5ccc(-c6ccccn6)cc5)c4)cn3)nc2)c1)c1ccc(-c2ccccn2)cc1. The predicted octanol–water partition coefficient (Wildman–Crippen LogP) is 22.3. The molecule has 0 atom stereocenters. The van der Waals surface area contributed by atoms with E-state index in [1.54, 1.807) is 42.4 Å². The van der Waals surface area contributed by atoms with E-state index in [1.165, 1.54) is 0 Å². The Morgan fingerprint density at radius 1 is 0.212 bits per heavy atom. The monoisotopic (exact) mass is 1340 g/mol. The number of amides is 2. The third-order valence-corrected chi connectivity index (χ3v) is 19.1. The van der Waals surface area contributed by atoms with Crippen molar-refractivity contribution < 1.29 is 9.59 Å². The number of pyridine rings is 6. The molecule has 0 fully saturated rings. The van der Waals surface area contributed by atoms with Gasteiger partial charge < -0.3 is 9.80 Å². The summed E-state index contributed by atoms with van der Waals surface area (Å²) in [7, 11) is 3.50. The predicted molar refractivity (Wildman–Crippen MR) is 422 cm³/mol. The van der Waals surface area contributed by atoms with Gasteiger partial charge in [-0.05, 0) is 199 Å². The van der Waals surface area contributed by atoms with Crippen molar-refractivity contribution in [2.45, 2.75) is 0 Å². The molecule has 6 heterocycles. The second-order valence-corrected chi connectivity index (χ2v) is 25.5. The molecule has 10 nitrogen and oxygen atoms in total. The Kier molecular flexibility index (Phi) is 18.1. The molecule has 0 N–H and O–H groups in total. The first kappa shape index (κ1) is 64.7. The summed E-state index contributed by atoms with van der Waals surface area (Å²) in [6.45, 7) is 0. The first-order chi connectivity index (χ1) is 51.2. The van der Waals surface area contributed by atoms with Crippen LogP contribution in [0.3, 0.4) is 0 Å². The minimum Gasteiger partial charge on any atom is -0.311 e. The van der Waals surface area contributed by atoms with E-state index < -0.39 is 0 Å². The van der Waals surface area contributed by atoms with Crippen molar-refractivity contribution in [2.24, 2.45) is 0 Å². The highest BCUT2D eigenvalue weighted by atomic mass is 16.2. The summed E-state index contributed by atoms with van der Waals surface area (Å²) in [5.41, 5.74) is 27.2. The summed E-state index contributed by atoms with van der Waals surface area (Å²) in [6.07, 6.45) is 11.0. The van der Waals surface area contributed by atoms with E-state index in [-0.39, 0.29) is 11.8 Å². The molecule has 0 unspecified atom stereocenters. The highest BCUT2D eigenvalue weighted by molar-refractivity contribution is 6.12. The third-order valence-electron chi connectivity index (χ3n) is 19.1. The molecular weight excluding hydrogens is 1270 g/mol. The van der Waals surface area contributed by atoms with Gasteiger partial charge in [0.05, 0.1) is 34.2 Å². The number of anilines is 2. The normalized spacial score (nSPS) is 11.1. The minimum absolute atomic E-state index is 0.280. The molecule has 0 radical (unpaired) electrons. The van der Waals surface area contributed by atoms with Crippen LogP contribution >= 0.6 is 0 Å². The maximum atomic E-state index is 14.8. The molecule has 0 aliphatic carbocycles. The van der Waals surface area contributed by atoms with Gasteiger partial charge in [0.1, 0.15) is 0 Å². The Hall–Kier alpha value is -14.0. The van der Waals surface area contributed by atoms with Crippen molar-refractivity contribution in [1.82, 2.24) is 29.9 Å². The summed E-state index contributed by atoms with van der Waals surface area (Å²) in [5, 5.41) is 0. The Balaban J connectivity index is 0.720. The van der Waals surface area contributed by atoms with Crippen molar-refractivity contribution in [3.05, 3.63) is 376 Å². The Labute approximate surface area is 604 Å². The van der Waals surface area contributed by atoms with Crippen molar-refractivity contribution >= 4 is 23.2 Å². The van der Waals surface area contributed by atoms with Crippen molar-refractivity contribution in [1.29, 1.82) is 0 Å². The maximum absolute atomic E-state index is 14.8. The molecule has 10 heteroatoms. The lowest BCUT2D eigenvalue weighted by atomic mass is 9.86. The zero-order valence-electron chi connectivity index (χ0n) is 57.0. The Morgan fingerprint density at radius 3 is 0.721 bits per heavy atom. The van der Waals surface area contributed by atoms with E-state index >= 15 is 0 Å². The molecular formula is C94H66N8O2. The zero-order valence-corrected chi connectivity index (χ0v) is 57.0. The molecule has 16 rings (SSSR count). The smallest absolute Gasteiger partial charge is 0.258 e. The fourth-order valence-electron chi connectivity index (χ4n) is 13.6. The lowest BCUT2D eigenvalue weighted by Gasteiger charge is -2.21. The number of rotatable bonds is 17. The van der Waals surface area contributed by atoms with Gasteiger partial charge in [0.25, 0.3) is 11.8 Å². The maximum Gasteiger partial charge on any atom is 0.258 e. The second-order valence-electron chi connectivity index (χ2n) is 25.5. The molecule has 2 amide bonds. The van der Waals surface area contributed by atoms with Gasteiger partial charge in [0, 0.05) is 107 Å². The van der Waals surface area contributed by atoms with Crippen LogP contribution < -0.4 is 9.80 Å². The van der Waals surface area contributed by atoms with Crippen molar-refractivity contribution in [3.8, 4) is 145 Å². The number of hydrogen-bond acceptors (Lipinski definition) is 8. The van der Waals surface area contributed by atoms with Gasteiger partial charge >= 0.3 is 0 Å². The standard InChI is InChI=1S/C94H66N8O2/c1-101(77-45-39-67(40-46-77)89-29-13-17-53-97-89)93(103)75-58-74(59-76(60-75)94(104)102(2)78-47-41-68(42-48-78)90-30-14-18-54-98-90)86-26-10-6-22-82(86)70-44-50-92(100-62-70)91-49-43-69(61-99-91)81-21-5-9-25-85(81)73-56-71(83-23-7-3-19-79(83)63-31-35-65(36-32-63)87-27-11-15-51-95-87)55-72(57-73)84-24-8-4-20-80(84)64-33-37-66(38-34-64)88-28-12-16-52-96-88/h3-62H,1-2H3. The summed E-state index contributed by atoms with van der Waals surface area (Å²) < 4.78 is 0. The number of benzene rings is 10. The van der Waals surface area contributed by atoms with Crippen LogP contribution in [-0.2, 0) is 0 Å². The Bertz CT molecular complexity index is 5480. The average Bonchev–Trinajstić information content (AvgIpc) is 0.782. The molecule has 0 bridgehead atoms. The summed E-state index contributed by atoms with van der Waals surface area (Å²) in [5.74, 6) is -0.560. The molecule has 0 aliphatic heterocycles. The van der Waals surface area contributed by atoms with E-state index in [9.17, 15) is 9.59 Å². The van der Waals surface area contributed by atoms with Crippen LogP contribution in [0.1, 0.15) is 20.7 Å². The van der Waals surface area contributed by atoms with E-state index in [2.05, 4.69) is 166 Å². The topological polar surface area (TPSA) is 118 Å². The average molecular weight is 1340 g/mol. The number of aromatic nitrogens is 6. The lowest BCUT2D eigenvalue weighted by Crippen LogP contribution is -2.28. The quantitative estimate of drug-likeness (QED) is 0.0885. The molecule has 0 spiro atoms. The summed E-state index contributed by atoms with van der Waals surface area (Å²) in [4.78, 5) is 61.3. The van der Waals surface area contributed by atoms with Crippen LogP contribution in [0.25, 0.3) is 145 Å². The van der Waals surface area contributed by atoms with E-state index in [1.807, 2.05) is 201 Å². The van der Waals surface area contributed by atoms with Gasteiger partial charge in [-0.15, -0.1) is 0 Å². The molecule has 10 aromatic carbocycles. The molecule has 16 aromatic rings. The number of hydrogen-bond donors (Lipinski definition) is 0. The van der Waals surface area contributed by atoms with Crippen molar-refractivity contribution in [2.75, 3.05) is 23.9 Å². The first-order valence-electron chi connectivity index (χ1n) is 34.5. The zero-order chi connectivity index (χ0) is 70.3. The van der Waals surface area contributed by atoms with E-state index in [4.69, 9.17) is 9.97 Å². The van der Waals surface area contributed by atoms with E-state index in [0.717, 1.165) is 128 Å². The lowest BCUT2D eigenvalue weighted by molar-refractivity contribution is 0.0992. The van der Waals surface area contributed by atoms with Gasteiger partial charge in [-0.3, -0.25) is 39.5 Å². The van der Waals surface area contributed by atoms with Gasteiger partial charge in [-0.2, -0.15) is 0 Å². The second kappa shape index (κ2) is 29.1. The van der Waals surface area contributed by atoms with Crippen LogP contribution in [0.2, 0.25) is 0 Å². The van der Waals surface area contributed by atoms with Crippen LogP contribution in [0.4, 0.5) is 11.4 Å². The van der Waals surface area contributed by atoms with Crippen molar-refractivity contribution in [3.63, 3.8) is 0 Å². The van der Waals surface area contributed by atoms with Gasteiger partial charge in [0.15, 0.2) is 0 Å². The molecule has 6 aromatic heterocycles. The van der Waals surface area contributed by atoms with Gasteiger partial charge in [-0.1, -0.05) is 206 Å². The third kappa shape index (κ3) is 13.5. The fourth-order valence-corrected chi connectivity index (χ4v) is 13.6. The molecule has 494 valence electrons. The number of carbonyl (C=O) groups excluding carboxylic acids is 2. The van der Waals surface area contributed by atoms with Crippen LogP contribution in [0.15, 0.2) is 365 Å². The van der Waals surface area contributed by atoms with Gasteiger partial charge in [-0.25, -0.2) is 0 Å². The van der Waals surface area contributed by atoms with Crippen LogP contribution in [-0.4, -0.2) is 55.8 Å². The summed E-state index contributed by atoms with van der Waals surface area (Å²) >= 11 is 0. The minimum atomic E-state index is -0.280. The van der Waals surface area contributed by atoms with Crippen LogP contribution in [0.5, 0.6) is 0 Å². The molecule has 104 heavy (non-hydrogen) atoms. The molecule has 0 saturated carbocycles. The highest BCUT2D eigenvalue weighted by Gasteiger charge is 2.24. The summed E-state index contributed by atoms with van der Waals surface area (Å²) in [6, 6.07) is 111. The van der Waals surface area contributed by atoms with Gasteiger partial charge in [0.2, 0.25) is 0 Å². The van der Waals surface area contributed by atoms with Crippen LogP contribution in [0, 0.1) is 0 Å². The largest absolute Gasteiger partial charge is 0.311 e. The Morgan fingerprint density at radius 2 is 0.452 bits per heavy atom. The first-order valence-corrected chi connectivity index (χ1v) is 34.5. The van der Waals surface area contributed by atoms with E-state index in [0.29, 0.717) is 39.5 Å². The highest BCUT2D eigenvalue weighted by Crippen LogP contribution is 2.44. The number of carbonyl (C=O) groups is 2. The molecule has 0 aliphatic rings. The fraction of sp³-hybridized carbons (Fsp3) is 0.0213. The molecule has 0 saturated heterocycles. The number of nitrogens with zero attached hydrogens (tertiary/aromatic N) is 8.